The number of hydrogen-bond acceptors (Lipinski definition) is 1. The Morgan fingerprint density at radius 2 is 2.17 bits per heavy atom. The van der Waals surface area contributed by atoms with Crippen molar-refractivity contribution in [3.05, 3.63) is 17.9 Å². The molecule has 0 amide bonds. The van der Waals surface area contributed by atoms with Gasteiger partial charge in [0.2, 0.25) is 0 Å². The Bertz CT molecular complexity index is 201. The molecular formula is C11H19N. The van der Waals surface area contributed by atoms with Crippen LogP contribution in [-0.4, -0.2) is 13.1 Å². The summed E-state index contributed by atoms with van der Waals surface area (Å²) >= 11 is 0. The van der Waals surface area contributed by atoms with E-state index in [4.69, 9.17) is 0 Å². The molecule has 0 bridgehead atoms. The Morgan fingerprint density at radius 3 is 2.58 bits per heavy atom. The minimum atomic E-state index is 0.702. The van der Waals surface area contributed by atoms with Gasteiger partial charge in [-0.1, -0.05) is 13.5 Å². The van der Waals surface area contributed by atoms with Crippen molar-refractivity contribution in [2.24, 2.45) is 11.8 Å². The lowest BCUT2D eigenvalue weighted by Crippen LogP contribution is -2.21. The van der Waals surface area contributed by atoms with E-state index in [1.807, 2.05) is 7.05 Å². The number of rotatable bonds is 2. The first-order valence-electron chi connectivity index (χ1n) is 4.72. The molecule has 0 aromatic carbocycles. The molecule has 1 fully saturated rings. The highest BCUT2D eigenvalue weighted by Crippen LogP contribution is 2.35. The number of allylic oxidation sites excluding steroid dienone is 1. The van der Waals surface area contributed by atoms with Crippen molar-refractivity contribution in [1.82, 2.24) is 5.32 Å². The van der Waals surface area contributed by atoms with Crippen LogP contribution in [0.2, 0.25) is 0 Å². The van der Waals surface area contributed by atoms with Crippen LogP contribution in [0.3, 0.4) is 0 Å². The van der Waals surface area contributed by atoms with Gasteiger partial charge in [0.25, 0.3) is 0 Å². The van der Waals surface area contributed by atoms with Crippen LogP contribution >= 0.6 is 0 Å². The van der Waals surface area contributed by atoms with E-state index in [2.05, 4.69) is 31.5 Å². The second-order valence-electron chi connectivity index (χ2n) is 3.90. The van der Waals surface area contributed by atoms with Gasteiger partial charge in [-0.15, -0.1) is 5.73 Å². The van der Waals surface area contributed by atoms with Gasteiger partial charge < -0.3 is 5.32 Å². The average molecular weight is 165 g/mol. The highest BCUT2D eigenvalue weighted by Gasteiger charge is 2.30. The summed E-state index contributed by atoms with van der Waals surface area (Å²) in [6, 6.07) is 0.702. The van der Waals surface area contributed by atoms with E-state index in [-0.39, 0.29) is 0 Å². The van der Waals surface area contributed by atoms with Crippen molar-refractivity contribution in [3.63, 3.8) is 0 Å². The summed E-state index contributed by atoms with van der Waals surface area (Å²) in [7, 11) is 2.05. The van der Waals surface area contributed by atoms with Crippen molar-refractivity contribution in [2.75, 3.05) is 7.05 Å². The van der Waals surface area contributed by atoms with Crippen LogP contribution in [0.1, 0.15) is 26.7 Å². The molecule has 0 saturated heterocycles. The van der Waals surface area contributed by atoms with E-state index in [1.165, 1.54) is 18.4 Å². The van der Waals surface area contributed by atoms with Crippen LogP contribution in [-0.2, 0) is 0 Å². The fourth-order valence-corrected chi connectivity index (χ4v) is 2.22. The Balaban J connectivity index is 2.63. The maximum absolute atomic E-state index is 3.71. The Labute approximate surface area is 75.6 Å². The van der Waals surface area contributed by atoms with Gasteiger partial charge in [-0.05, 0) is 44.2 Å². The summed E-state index contributed by atoms with van der Waals surface area (Å²) in [6.07, 6.45) is 2.55. The minimum absolute atomic E-state index is 0.702. The van der Waals surface area contributed by atoms with Crippen LogP contribution in [0.4, 0.5) is 0 Å². The molecule has 12 heavy (non-hydrogen) atoms. The fraction of sp³-hybridized carbons (Fsp3) is 0.727. The first-order chi connectivity index (χ1) is 5.69. The van der Waals surface area contributed by atoms with Crippen molar-refractivity contribution in [2.45, 2.75) is 32.7 Å². The lowest BCUT2D eigenvalue weighted by atomic mass is 9.92. The molecule has 1 aliphatic rings. The molecular weight excluding hydrogens is 146 g/mol. The normalized spacial score (nSPS) is 34.8. The predicted octanol–water partition coefficient (Wildman–Crippen LogP) is 2.35. The lowest BCUT2D eigenvalue weighted by Gasteiger charge is -2.13. The standard InChI is InChI=1S/C11H19N/c1-5-8(2)11-7-10(12-4)6-9(11)3/h9-12H,1,6-7H2,2-4H3/t9?,10?,11-/m1/s1. The molecule has 1 heteroatoms. The Hall–Kier alpha value is -0.520. The summed E-state index contributed by atoms with van der Waals surface area (Å²) in [4.78, 5) is 0. The quantitative estimate of drug-likeness (QED) is 0.619. The Kier molecular flexibility index (Phi) is 3.13. The van der Waals surface area contributed by atoms with Gasteiger partial charge in [-0.3, -0.25) is 0 Å². The van der Waals surface area contributed by atoms with Gasteiger partial charge in [0, 0.05) is 6.04 Å². The van der Waals surface area contributed by atoms with E-state index in [9.17, 15) is 0 Å². The fourth-order valence-electron chi connectivity index (χ4n) is 2.22. The molecule has 1 N–H and O–H groups in total. The average Bonchev–Trinajstić information content (AvgIpc) is 2.45. The van der Waals surface area contributed by atoms with Crippen LogP contribution < -0.4 is 5.32 Å². The van der Waals surface area contributed by atoms with Crippen molar-refractivity contribution in [1.29, 1.82) is 0 Å². The topological polar surface area (TPSA) is 12.0 Å². The molecule has 0 aromatic heterocycles. The van der Waals surface area contributed by atoms with E-state index < -0.39 is 0 Å². The van der Waals surface area contributed by atoms with Crippen molar-refractivity contribution >= 4 is 0 Å². The molecule has 1 nitrogen and oxygen atoms in total. The summed E-state index contributed by atoms with van der Waals surface area (Å²) in [5.74, 6) is 1.50. The van der Waals surface area contributed by atoms with Crippen LogP contribution in [0.15, 0.2) is 17.9 Å². The maximum atomic E-state index is 3.71. The van der Waals surface area contributed by atoms with E-state index >= 15 is 0 Å². The highest BCUT2D eigenvalue weighted by atomic mass is 14.9. The molecule has 0 heterocycles. The zero-order valence-electron chi connectivity index (χ0n) is 8.35. The third-order valence-electron chi connectivity index (χ3n) is 3.12. The second-order valence-corrected chi connectivity index (χ2v) is 3.90. The summed E-state index contributed by atoms with van der Waals surface area (Å²) in [5, 5.41) is 3.34. The van der Waals surface area contributed by atoms with Crippen molar-refractivity contribution < 1.29 is 0 Å². The molecule has 3 atom stereocenters. The van der Waals surface area contributed by atoms with E-state index in [0.29, 0.717) is 12.0 Å². The SMILES string of the molecule is C=C=C(C)[C@H]1CC(NC)CC1C. The zero-order chi connectivity index (χ0) is 9.14. The second kappa shape index (κ2) is 3.93. The van der Waals surface area contributed by atoms with Gasteiger partial charge in [0.05, 0.1) is 0 Å². The van der Waals surface area contributed by atoms with Crippen molar-refractivity contribution in [3.8, 4) is 0 Å². The molecule has 0 radical (unpaired) electrons. The molecule has 1 saturated carbocycles. The van der Waals surface area contributed by atoms with Gasteiger partial charge in [-0.25, -0.2) is 0 Å². The largest absolute Gasteiger partial charge is 0.317 e. The lowest BCUT2D eigenvalue weighted by molar-refractivity contribution is 0.480. The monoisotopic (exact) mass is 165 g/mol. The third-order valence-corrected chi connectivity index (χ3v) is 3.12. The first kappa shape index (κ1) is 9.57. The van der Waals surface area contributed by atoms with Gasteiger partial charge in [0.15, 0.2) is 0 Å². The zero-order valence-corrected chi connectivity index (χ0v) is 8.35. The molecule has 68 valence electrons. The first-order valence-corrected chi connectivity index (χ1v) is 4.72. The maximum Gasteiger partial charge on any atom is 0.00728 e. The molecule has 0 aliphatic heterocycles. The molecule has 1 rings (SSSR count). The van der Waals surface area contributed by atoms with Crippen LogP contribution in [0.5, 0.6) is 0 Å². The number of nitrogens with one attached hydrogen (secondary N) is 1. The smallest absolute Gasteiger partial charge is 0.00728 e. The van der Waals surface area contributed by atoms with Crippen LogP contribution in [0, 0.1) is 11.8 Å². The summed E-state index contributed by atoms with van der Waals surface area (Å²) < 4.78 is 0. The predicted molar refractivity (Wildman–Crippen MR) is 53.1 cm³/mol. The molecule has 0 spiro atoms. The molecule has 0 aromatic rings. The van der Waals surface area contributed by atoms with E-state index in [1.54, 1.807) is 0 Å². The summed E-state index contributed by atoms with van der Waals surface area (Å²) in [6.45, 7) is 8.18. The third kappa shape index (κ3) is 1.80. The Morgan fingerprint density at radius 1 is 1.50 bits per heavy atom. The van der Waals surface area contributed by atoms with E-state index in [0.717, 1.165) is 5.92 Å². The summed E-state index contributed by atoms with van der Waals surface area (Å²) in [5.41, 5.74) is 4.35. The van der Waals surface area contributed by atoms with Crippen LogP contribution in [0.25, 0.3) is 0 Å². The van der Waals surface area contributed by atoms with Gasteiger partial charge >= 0.3 is 0 Å². The minimum Gasteiger partial charge on any atom is -0.317 e. The molecule has 2 unspecified atom stereocenters. The highest BCUT2D eigenvalue weighted by molar-refractivity contribution is 5.06. The van der Waals surface area contributed by atoms with Gasteiger partial charge in [0.1, 0.15) is 0 Å². The van der Waals surface area contributed by atoms with Gasteiger partial charge in [-0.2, -0.15) is 0 Å². The molecule has 1 aliphatic carbocycles. The number of hydrogen-bond donors (Lipinski definition) is 1.